The van der Waals surface area contributed by atoms with Crippen LogP contribution < -0.4 is 16.6 Å². The minimum Gasteiger partial charge on any atom is -0.334 e. The normalized spacial score (nSPS) is 14.6. The number of halogens is 2. The molecule has 0 spiro atoms. The number of ketones is 1. The first-order valence-corrected chi connectivity index (χ1v) is 10.8. The summed E-state index contributed by atoms with van der Waals surface area (Å²) in [5.74, 6) is 4.49. The van der Waals surface area contributed by atoms with Gasteiger partial charge in [0, 0.05) is 25.6 Å². The molecule has 166 valence electrons. The van der Waals surface area contributed by atoms with Crippen LogP contribution in [-0.2, 0) is 11.3 Å². The maximum absolute atomic E-state index is 13.4. The molecule has 0 aliphatic carbocycles. The summed E-state index contributed by atoms with van der Waals surface area (Å²) in [5, 5.41) is 11.8. The number of piperidine rings is 1. The smallest absolute Gasteiger partial charge is 0.317 e. The average Bonchev–Trinajstić information content (AvgIpc) is 2.83. The second kappa shape index (κ2) is 10.8. The minimum absolute atomic E-state index is 0.0104. The fraction of sp³-hybridized carbons (Fsp3) is 0.273. The van der Waals surface area contributed by atoms with E-state index in [2.05, 4.69) is 37.7 Å². The van der Waals surface area contributed by atoms with Crippen molar-refractivity contribution in [3.05, 3.63) is 63.9 Å². The molecule has 1 aliphatic heterocycles. The Balaban J connectivity index is 1.54. The zero-order chi connectivity index (χ0) is 23.1. The van der Waals surface area contributed by atoms with Crippen LogP contribution in [0.4, 0.5) is 14.9 Å². The first-order chi connectivity index (χ1) is 15.4. The van der Waals surface area contributed by atoms with Crippen molar-refractivity contribution in [3.63, 3.8) is 0 Å². The van der Waals surface area contributed by atoms with Gasteiger partial charge in [-0.3, -0.25) is 4.79 Å². The van der Waals surface area contributed by atoms with E-state index >= 15 is 0 Å². The van der Waals surface area contributed by atoms with Gasteiger partial charge in [0.05, 0.1) is 21.8 Å². The van der Waals surface area contributed by atoms with Gasteiger partial charge in [0.15, 0.2) is 5.84 Å². The average molecular weight is 501 g/mol. The molecular formula is C22H22BrFN6O2. The Kier molecular flexibility index (Phi) is 7.92. The predicted molar refractivity (Wildman–Crippen MR) is 121 cm³/mol. The Morgan fingerprint density at radius 2 is 2.00 bits per heavy atom. The number of hydrogen-bond acceptors (Lipinski definition) is 5. The van der Waals surface area contributed by atoms with Crippen LogP contribution in [0.2, 0.25) is 0 Å². The van der Waals surface area contributed by atoms with Crippen molar-refractivity contribution in [1.82, 2.24) is 15.6 Å². The number of aliphatic imine (C=N–C) groups is 1. The number of hydrogen-bond donors (Lipinski definition) is 3. The molecule has 1 fully saturated rings. The van der Waals surface area contributed by atoms with Crippen LogP contribution in [0, 0.1) is 23.1 Å². The van der Waals surface area contributed by atoms with Crippen LogP contribution in [0.5, 0.6) is 0 Å². The van der Waals surface area contributed by atoms with E-state index in [1.807, 2.05) is 6.07 Å². The number of nitrogens with two attached hydrogens (primary N) is 1. The lowest BCUT2D eigenvalue weighted by Crippen LogP contribution is -2.47. The van der Waals surface area contributed by atoms with Crippen LogP contribution >= 0.6 is 15.9 Å². The number of nitriles is 1. The van der Waals surface area contributed by atoms with Crippen LogP contribution in [0.3, 0.4) is 0 Å². The lowest BCUT2D eigenvalue weighted by molar-refractivity contribution is -0.117. The Morgan fingerprint density at radius 3 is 2.66 bits per heavy atom. The zero-order valence-electron chi connectivity index (χ0n) is 17.1. The van der Waals surface area contributed by atoms with Gasteiger partial charge in [-0.15, -0.1) is 0 Å². The number of hydrazine groups is 1. The SMILES string of the molecule is N#Cc1cccc(CNC(=O)N2CCC(C(=O)C(=Nc3ccc(F)c(Br)c3)NN)CC2)c1. The molecule has 0 saturated carbocycles. The summed E-state index contributed by atoms with van der Waals surface area (Å²) in [4.78, 5) is 31.2. The number of rotatable bonds is 5. The first kappa shape index (κ1) is 23.4. The molecule has 0 atom stereocenters. The summed E-state index contributed by atoms with van der Waals surface area (Å²) in [6, 6.07) is 13.0. The molecule has 8 nitrogen and oxygen atoms in total. The number of urea groups is 1. The lowest BCUT2D eigenvalue weighted by atomic mass is 9.92. The second-order valence-electron chi connectivity index (χ2n) is 7.30. The summed E-state index contributed by atoms with van der Waals surface area (Å²) < 4.78 is 13.6. The van der Waals surface area contributed by atoms with Crippen LogP contribution in [-0.4, -0.2) is 35.6 Å². The van der Waals surface area contributed by atoms with Crippen molar-refractivity contribution in [1.29, 1.82) is 5.26 Å². The Labute approximate surface area is 193 Å². The van der Waals surface area contributed by atoms with Gasteiger partial charge in [0.1, 0.15) is 5.82 Å². The highest BCUT2D eigenvalue weighted by molar-refractivity contribution is 9.10. The molecule has 2 aromatic carbocycles. The Hall–Kier alpha value is -3.29. The number of likely N-dealkylation sites (tertiary alicyclic amines) is 1. The van der Waals surface area contributed by atoms with Gasteiger partial charge in [-0.1, -0.05) is 12.1 Å². The van der Waals surface area contributed by atoms with E-state index in [9.17, 15) is 14.0 Å². The highest BCUT2D eigenvalue weighted by Gasteiger charge is 2.29. The number of nitrogens with one attached hydrogen (secondary N) is 2. The summed E-state index contributed by atoms with van der Waals surface area (Å²) in [5.41, 5.74) is 4.10. The Bertz CT molecular complexity index is 1080. The number of carbonyl (C=O) groups excluding carboxylic acids is 2. The van der Waals surface area contributed by atoms with E-state index in [-0.39, 0.29) is 28.0 Å². The molecule has 3 rings (SSSR count). The van der Waals surface area contributed by atoms with Crippen LogP contribution in [0.25, 0.3) is 0 Å². The number of amidine groups is 1. The van der Waals surface area contributed by atoms with E-state index in [0.717, 1.165) is 5.56 Å². The molecule has 2 amide bonds. The summed E-state index contributed by atoms with van der Waals surface area (Å²) >= 11 is 3.09. The molecule has 1 heterocycles. The number of Topliss-reactive ketones (excluding diaryl/α,β-unsaturated/α-hetero) is 1. The molecule has 0 unspecified atom stereocenters. The van der Waals surface area contributed by atoms with Gasteiger partial charge in [-0.25, -0.2) is 20.0 Å². The van der Waals surface area contributed by atoms with Gasteiger partial charge < -0.3 is 15.6 Å². The number of benzene rings is 2. The maximum atomic E-state index is 13.4. The van der Waals surface area contributed by atoms with Crippen molar-refractivity contribution in [2.45, 2.75) is 19.4 Å². The van der Waals surface area contributed by atoms with Gasteiger partial charge in [0.25, 0.3) is 0 Å². The van der Waals surface area contributed by atoms with Crippen molar-refractivity contribution in [3.8, 4) is 6.07 Å². The van der Waals surface area contributed by atoms with Crippen LogP contribution in [0.15, 0.2) is 51.9 Å². The van der Waals surface area contributed by atoms with E-state index < -0.39 is 5.82 Å². The summed E-state index contributed by atoms with van der Waals surface area (Å²) in [6.45, 7) is 1.15. The predicted octanol–water partition coefficient (Wildman–Crippen LogP) is 3.14. The summed E-state index contributed by atoms with van der Waals surface area (Å²) in [7, 11) is 0. The van der Waals surface area contributed by atoms with E-state index in [1.165, 1.54) is 18.2 Å². The van der Waals surface area contributed by atoms with Gasteiger partial charge in [-0.05, 0) is 64.7 Å². The fourth-order valence-electron chi connectivity index (χ4n) is 3.42. The molecule has 0 radical (unpaired) electrons. The molecule has 1 aliphatic rings. The molecule has 32 heavy (non-hydrogen) atoms. The third kappa shape index (κ3) is 5.90. The molecule has 4 N–H and O–H groups in total. The molecule has 1 saturated heterocycles. The molecule has 0 bridgehead atoms. The van der Waals surface area contributed by atoms with Crippen molar-refractivity contribution in [2.75, 3.05) is 13.1 Å². The highest BCUT2D eigenvalue weighted by Crippen LogP contribution is 2.23. The third-order valence-corrected chi connectivity index (χ3v) is 5.77. The first-order valence-electron chi connectivity index (χ1n) is 9.97. The molecule has 0 aromatic heterocycles. The second-order valence-corrected chi connectivity index (χ2v) is 8.15. The van der Waals surface area contributed by atoms with Crippen LogP contribution in [0.1, 0.15) is 24.0 Å². The molecular weight excluding hydrogens is 479 g/mol. The minimum atomic E-state index is -0.430. The standard InChI is InChI=1S/C22H22BrFN6O2/c23-18-11-17(4-5-19(18)24)28-21(29-26)20(31)16-6-8-30(9-7-16)22(32)27-13-15-3-1-2-14(10-15)12-25/h1-5,10-11,16H,6-9,13,26H2,(H,27,32)(H,28,29). The van der Waals surface area contributed by atoms with Gasteiger partial charge >= 0.3 is 6.03 Å². The van der Waals surface area contributed by atoms with Crippen molar-refractivity contribution < 1.29 is 14.0 Å². The lowest BCUT2D eigenvalue weighted by Gasteiger charge is -2.31. The van der Waals surface area contributed by atoms with Gasteiger partial charge in [0.2, 0.25) is 5.78 Å². The Morgan fingerprint density at radius 1 is 1.25 bits per heavy atom. The third-order valence-electron chi connectivity index (χ3n) is 5.17. The highest BCUT2D eigenvalue weighted by atomic mass is 79.9. The molecule has 2 aromatic rings. The van der Waals surface area contributed by atoms with E-state index in [1.54, 1.807) is 23.1 Å². The van der Waals surface area contributed by atoms with Gasteiger partial charge in [-0.2, -0.15) is 5.26 Å². The fourth-order valence-corrected chi connectivity index (χ4v) is 3.79. The quantitative estimate of drug-likeness (QED) is 0.251. The maximum Gasteiger partial charge on any atom is 0.317 e. The van der Waals surface area contributed by atoms with Crippen molar-refractivity contribution in [2.24, 2.45) is 16.8 Å². The van der Waals surface area contributed by atoms with Crippen molar-refractivity contribution >= 4 is 39.3 Å². The number of nitrogens with zero attached hydrogens (tertiary/aromatic N) is 3. The van der Waals surface area contributed by atoms with E-state index in [4.69, 9.17) is 11.1 Å². The van der Waals surface area contributed by atoms with E-state index in [0.29, 0.717) is 43.7 Å². The number of amides is 2. The summed E-state index contributed by atoms with van der Waals surface area (Å²) in [6.07, 6.45) is 0.952. The topological polar surface area (TPSA) is 124 Å². The zero-order valence-corrected chi connectivity index (χ0v) is 18.7. The molecule has 10 heteroatoms. The monoisotopic (exact) mass is 500 g/mol. The largest absolute Gasteiger partial charge is 0.334 e. The number of carbonyl (C=O) groups is 2.